The van der Waals surface area contributed by atoms with Crippen LogP contribution in [0.1, 0.15) is 12.6 Å². The third-order valence-corrected chi connectivity index (χ3v) is 3.54. The Kier molecular flexibility index (Phi) is 2.64. The molecule has 6 nitrogen and oxygen atoms in total. The molecule has 0 saturated heterocycles. The molecule has 0 fully saturated rings. The first-order chi connectivity index (χ1) is 8.72. The molecule has 0 bridgehead atoms. The zero-order chi connectivity index (χ0) is 12.7. The molecule has 0 unspecified atom stereocenters. The van der Waals surface area contributed by atoms with Crippen LogP contribution in [0.4, 0.5) is 5.82 Å². The largest absolute Gasteiger partial charge is 0.381 e. The van der Waals surface area contributed by atoms with Crippen molar-refractivity contribution in [2.75, 3.05) is 5.73 Å². The van der Waals surface area contributed by atoms with E-state index in [9.17, 15) is 0 Å². The van der Waals surface area contributed by atoms with Crippen LogP contribution in [0.5, 0.6) is 0 Å². The molecule has 0 amide bonds. The van der Waals surface area contributed by atoms with E-state index in [4.69, 9.17) is 17.3 Å². The van der Waals surface area contributed by atoms with Crippen LogP contribution in [0, 0.1) is 0 Å². The van der Waals surface area contributed by atoms with Crippen molar-refractivity contribution in [2.24, 2.45) is 0 Å². The number of benzene rings is 1. The molecule has 0 atom stereocenters. The molecule has 0 radical (unpaired) electrons. The second-order valence-corrected chi connectivity index (χ2v) is 4.65. The van der Waals surface area contributed by atoms with Gasteiger partial charge in [0.2, 0.25) is 0 Å². The molecule has 0 aliphatic carbocycles. The van der Waals surface area contributed by atoms with Gasteiger partial charge in [0.25, 0.3) is 0 Å². The van der Waals surface area contributed by atoms with E-state index >= 15 is 0 Å². The quantitative estimate of drug-likeness (QED) is 0.777. The van der Waals surface area contributed by atoms with Gasteiger partial charge in [0.15, 0.2) is 5.82 Å². The number of nitrogens with two attached hydrogens (primary N) is 1. The first-order valence-electron chi connectivity index (χ1n) is 5.33. The molecular weight excluding hydrogens is 272 g/mol. The van der Waals surface area contributed by atoms with Crippen LogP contribution in [-0.2, 0) is 6.42 Å². The maximum absolute atomic E-state index is 6.24. The van der Waals surface area contributed by atoms with Gasteiger partial charge in [0.1, 0.15) is 16.7 Å². The highest BCUT2D eigenvalue weighted by atomic mass is 35.5. The van der Waals surface area contributed by atoms with Crippen LogP contribution >= 0.6 is 23.3 Å². The smallest absolute Gasteiger partial charge is 0.169 e. The highest BCUT2D eigenvalue weighted by Crippen LogP contribution is 2.29. The number of rotatable bonds is 2. The lowest BCUT2D eigenvalue weighted by atomic mass is 10.2. The van der Waals surface area contributed by atoms with E-state index in [-0.39, 0.29) is 0 Å². The van der Waals surface area contributed by atoms with Crippen LogP contribution in [0.25, 0.3) is 16.7 Å². The van der Waals surface area contributed by atoms with E-state index in [1.165, 1.54) is 0 Å². The molecule has 3 aromatic rings. The average Bonchev–Trinajstić information content (AvgIpc) is 2.95. The minimum atomic E-state index is 0.411. The summed E-state index contributed by atoms with van der Waals surface area (Å²) in [5, 5.41) is 8.48. The minimum absolute atomic E-state index is 0.411. The van der Waals surface area contributed by atoms with E-state index in [2.05, 4.69) is 19.1 Å². The standard InChI is InChI=1S/C10H9ClN6S/c1-2-7-10(12)13-16-17(7)9-5(11)3-4-6-8(9)15-18-14-6/h3-4H,2,12H2,1H3. The Morgan fingerprint density at radius 3 is 3.00 bits per heavy atom. The number of nitrogen functional groups attached to an aromatic ring is 1. The van der Waals surface area contributed by atoms with Crippen molar-refractivity contribution in [1.82, 2.24) is 23.7 Å². The summed E-state index contributed by atoms with van der Waals surface area (Å²) in [6, 6.07) is 3.61. The van der Waals surface area contributed by atoms with Gasteiger partial charge in [0, 0.05) is 0 Å². The monoisotopic (exact) mass is 280 g/mol. The topological polar surface area (TPSA) is 82.5 Å². The Morgan fingerprint density at radius 1 is 1.39 bits per heavy atom. The zero-order valence-corrected chi connectivity index (χ0v) is 11.0. The van der Waals surface area contributed by atoms with E-state index < -0.39 is 0 Å². The van der Waals surface area contributed by atoms with Crippen LogP contribution in [0.15, 0.2) is 12.1 Å². The average molecular weight is 281 g/mol. The molecule has 0 aliphatic rings. The lowest BCUT2D eigenvalue weighted by Crippen LogP contribution is -2.04. The molecule has 92 valence electrons. The number of hydrogen-bond acceptors (Lipinski definition) is 6. The summed E-state index contributed by atoms with van der Waals surface area (Å²) in [6.07, 6.45) is 0.711. The van der Waals surface area contributed by atoms with Gasteiger partial charge in [-0.1, -0.05) is 23.7 Å². The summed E-state index contributed by atoms with van der Waals surface area (Å²) >= 11 is 7.38. The number of hydrogen-bond donors (Lipinski definition) is 1. The summed E-state index contributed by atoms with van der Waals surface area (Å²) in [5.41, 5.74) is 8.79. The first-order valence-corrected chi connectivity index (χ1v) is 6.44. The fraction of sp³-hybridized carbons (Fsp3) is 0.200. The molecule has 2 N–H and O–H groups in total. The van der Waals surface area contributed by atoms with Crippen molar-refractivity contribution in [3.05, 3.63) is 22.8 Å². The van der Waals surface area contributed by atoms with Gasteiger partial charge in [-0.15, -0.1) is 5.10 Å². The fourth-order valence-electron chi connectivity index (χ4n) is 1.84. The van der Waals surface area contributed by atoms with Crippen LogP contribution < -0.4 is 5.73 Å². The van der Waals surface area contributed by atoms with Crippen molar-refractivity contribution in [3.8, 4) is 5.69 Å². The highest BCUT2D eigenvalue weighted by molar-refractivity contribution is 7.00. The van der Waals surface area contributed by atoms with Gasteiger partial charge in [-0.3, -0.25) is 0 Å². The van der Waals surface area contributed by atoms with E-state index in [1.54, 1.807) is 10.7 Å². The Morgan fingerprint density at radius 2 is 2.22 bits per heavy atom. The second-order valence-electron chi connectivity index (χ2n) is 3.71. The van der Waals surface area contributed by atoms with Gasteiger partial charge in [-0.2, -0.15) is 8.75 Å². The summed E-state index contributed by atoms with van der Waals surface area (Å²) in [6.45, 7) is 1.99. The lowest BCUT2D eigenvalue weighted by Gasteiger charge is -2.07. The van der Waals surface area contributed by atoms with E-state index in [0.29, 0.717) is 28.5 Å². The van der Waals surface area contributed by atoms with Crippen LogP contribution in [-0.4, -0.2) is 23.7 Å². The molecule has 2 heterocycles. The molecular formula is C10H9ClN6S. The predicted octanol–water partition coefficient (Wildman–Crippen LogP) is 2.07. The number of anilines is 1. The Bertz CT molecular complexity index is 718. The van der Waals surface area contributed by atoms with Gasteiger partial charge in [0.05, 0.1) is 22.4 Å². The van der Waals surface area contributed by atoms with Crippen LogP contribution in [0.2, 0.25) is 5.02 Å². The summed E-state index contributed by atoms with van der Waals surface area (Å²) in [7, 11) is 0. The van der Waals surface area contributed by atoms with Crippen LogP contribution in [0.3, 0.4) is 0 Å². The summed E-state index contributed by atoms with van der Waals surface area (Å²) < 4.78 is 10.1. The van der Waals surface area contributed by atoms with Crippen molar-refractivity contribution >= 4 is 40.2 Å². The molecule has 3 rings (SSSR count). The lowest BCUT2D eigenvalue weighted by molar-refractivity contribution is 0.771. The Balaban J connectivity index is 2.36. The highest BCUT2D eigenvalue weighted by Gasteiger charge is 2.17. The van der Waals surface area contributed by atoms with Gasteiger partial charge in [-0.05, 0) is 18.6 Å². The molecule has 2 aromatic heterocycles. The first kappa shape index (κ1) is 11.4. The molecule has 0 aliphatic heterocycles. The Hall–Kier alpha value is -1.73. The van der Waals surface area contributed by atoms with Gasteiger partial charge < -0.3 is 5.73 Å². The van der Waals surface area contributed by atoms with Crippen molar-refractivity contribution in [1.29, 1.82) is 0 Å². The van der Waals surface area contributed by atoms with Gasteiger partial charge in [-0.25, -0.2) is 4.68 Å². The molecule has 0 spiro atoms. The van der Waals surface area contributed by atoms with E-state index in [1.807, 2.05) is 13.0 Å². The maximum Gasteiger partial charge on any atom is 0.169 e. The molecule has 8 heteroatoms. The third-order valence-electron chi connectivity index (χ3n) is 2.69. The molecule has 0 saturated carbocycles. The Labute approximate surface area is 112 Å². The number of aromatic nitrogens is 5. The predicted molar refractivity (Wildman–Crippen MR) is 71.1 cm³/mol. The number of nitrogens with zero attached hydrogens (tertiary/aromatic N) is 5. The zero-order valence-electron chi connectivity index (χ0n) is 9.46. The minimum Gasteiger partial charge on any atom is -0.381 e. The molecule has 1 aromatic carbocycles. The number of halogens is 1. The summed E-state index contributed by atoms with van der Waals surface area (Å²) in [4.78, 5) is 0. The number of fused-ring (bicyclic) bond motifs is 1. The maximum atomic E-state index is 6.24. The van der Waals surface area contributed by atoms with Crippen molar-refractivity contribution < 1.29 is 0 Å². The van der Waals surface area contributed by atoms with Gasteiger partial charge >= 0.3 is 0 Å². The fourth-order valence-corrected chi connectivity index (χ4v) is 2.61. The second kappa shape index (κ2) is 4.18. The van der Waals surface area contributed by atoms with E-state index in [0.717, 1.165) is 22.9 Å². The normalized spacial score (nSPS) is 11.2. The van der Waals surface area contributed by atoms with Crippen molar-refractivity contribution in [2.45, 2.75) is 13.3 Å². The summed E-state index contributed by atoms with van der Waals surface area (Å²) in [5.74, 6) is 0.411. The third kappa shape index (κ3) is 1.55. The van der Waals surface area contributed by atoms with Crippen molar-refractivity contribution in [3.63, 3.8) is 0 Å². The SMILES string of the molecule is CCc1c(N)nnn1-c1c(Cl)ccc2nsnc12. The molecule has 18 heavy (non-hydrogen) atoms.